The molecule has 1 aliphatic rings. The third-order valence-electron chi connectivity index (χ3n) is 4.41. The number of aromatic nitrogens is 2. The molecular formula is C21H24FN3O. The number of hydrogen-bond donors (Lipinski definition) is 0. The molecule has 1 aromatic heterocycles. The molecule has 0 N–H and O–H groups in total. The topological polar surface area (TPSA) is 38.1 Å². The van der Waals surface area contributed by atoms with E-state index in [9.17, 15) is 9.18 Å². The smallest absolute Gasteiger partial charge is 0.298 e. The van der Waals surface area contributed by atoms with E-state index < -0.39 is 0 Å². The van der Waals surface area contributed by atoms with Crippen LogP contribution >= 0.6 is 0 Å². The van der Waals surface area contributed by atoms with Crippen molar-refractivity contribution in [1.82, 2.24) is 14.7 Å². The molecule has 0 unspecified atom stereocenters. The monoisotopic (exact) mass is 353 g/mol. The van der Waals surface area contributed by atoms with Crippen LogP contribution in [0.1, 0.15) is 39.0 Å². The van der Waals surface area contributed by atoms with Gasteiger partial charge in [0.1, 0.15) is 5.82 Å². The summed E-state index contributed by atoms with van der Waals surface area (Å²) in [6.45, 7) is 9.34. The van der Waals surface area contributed by atoms with Crippen LogP contribution in [-0.4, -0.2) is 27.1 Å². The maximum Gasteiger partial charge on any atom is 0.298 e. The largest absolute Gasteiger partial charge is 0.327 e. The normalized spacial score (nSPS) is 15.8. The average Bonchev–Trinajstić information content (AvgIpc) is 2.87. The number of fused-ring (bicyclic) bond motifs is 1. The Labute approximate surface area is 154 Å². The van der Waals surface area contributed by atoms with E-state index in [-0.39, 0.29) is 23.1 Å². The number of amides is 1. The highest BCUT2D eigenvalue weighted by Crippen LogP contribution is 2.31. The molecule has 4 nitrogen and oxygen atoms in total. The van der Waals surface area contributed by atoms with E-state index in [0.717, 1.165) is 23.4 Å². The lowest BCUT2D eigenvalue weighted by molar-refractivity contribution is -0.126. The molecule has 0 saturated carbocycles. The Morgan fingerprint density at radius 2 is 1.96 bits per heavy atom. The van der Waals surface area contributed by atoms with Gasteiger partial charge in [0.25, 0.3) is 5.91 Å². The molecular weight excluding hydrogens is 329 g/mol. The number of carbonyl (C=O) groups excluding carboxylic acids is 1. The van der Waals surface area contributed by atoms with Crippen LogP contribution in [0.15, 0.2) is 30.5 Å². The second kappa shape index (κ2) is 6.95. The predicted octanol–water partition coefficient (Wildman–Crippen LogP) is 3.58. The van der Waals surface area contributed by atoms with Gasteiger partial charge in [-0.25, -0.2) is 9.07 Å². The minimum Gasteiger partial charge on any atom is -0.327 e. The summed E-state index contributed by atoms with van der Waals surface area (Å²) in [6, 6.07) is 6.31. The van der Waals surface area contributed by atoms with Crippen LogP contribution in [0.3, 0.4) is 0 Å². The first-order valence-corrected chi connectivity index (χ1v) is 8.87. The number of hydrogen-bond acceptors (Lipinski definition) is 2. The molecule has 1 aliphatic heterocycles. The Morgan fingerprint density at radius 1 is 1.27 bits per heavy atom. The zero-order chi connectivity index (χ0) is 18.9. The van der Waals surface area contributed by atoms with E-state index >= 15 is 0 Å². The first-order valence-electron chi connectivity index (χ1n) is 8.87. The SMILES string of the molecule is CC(C)C#CC(=O)N1Cc2cnn(-c3ccc(F)cc3)c2CC(C)(C)C1. The zero-order valence-corrected chi connectivity index (χ0v) is 15.7. The minimum atomic E-state index is -0.271. The second-order valence-electron chi connectivity index (χ2n) is 7.93. The molecule has 1 amide bonds. The molecule has 26 heavy (non-hydrogen) atoms. The van der Waals surface area contributed by atoms with Crippen molar-refractivity contribution in [3.63, 3.8) is 0 Å². The first-order chi connectivity index (χ1) is 12.2. The van der Waals surface area contributed by atoms with Gasteiger partial charge in [-0.3, -0.25) is 4.79 Å². The molecule has 2 aromatic rings. The minimum absolute atomic E-state index is 0.113. The molecule has 0 radical (unpaired) electrons. The van der Waals surface area contributed by atoms with Crippen LogP contribution in [0, 0.1) is 29.0 Å². The summed E-state index contributed by atoms with van der Waals surface area (Å²) in [4.78, 5) is 14.4. The Balaban J connectivity index is 1.96. The number of carbonyl (C=O) groups is 1. The van der Waals surface area contributed by atoms with Gasteiger partial charge >= 0.3 is 0 Å². The van der Waals surface area contributed by atoms with Gasteiger partial charge in [0.05, 0.1) is 11.9 Å². The maximum absolute atomic E-state index is 13.2. The van der Waals surface area contributed by atoms with Crippen molar-refractivity contribution < 1.29 is 9.18 Å². The van der Waals surface area contributed by atoms with Gasteiger partial charge in [0, 0.05) is 30.3 Å². The van der Waals surface area contributed by atoms with Crippen molar-refractivity contribution in [3.8, 4) is 17.5 Å². The molecule has 5 heteroatoms. The summed E-state index contributed by atoms with van der Waals surface area (Å²) >= 11 is 0. The van der Waals surface area contributed by atoms with Crippen molar-refractivity contribution >= 4 is 5.91 Å². The summed E-state index contributed by atoms with van der Waals surface area (Å²) in [7, 11) is 0. The average molecular weight is 353 g/mol. The summed E-state index contributed by atoms with van der Waals surface area (Å²) in [5.41, 5.74) is 2.79. The third kappa shape index (κ3) is 3.96. The van der Waals surface area contributed by atoms with Gasteiger partial charge in [0.2, 0.25) is 0 Å². The van der Waals surface area contributed by atoms with Crippen molar-refractivity contribution in [3.05, 3.63) is 47.5 Å². The highest BCUT2D eigenvalue weighted by molar-refractivity contribution is 5.93. The Morgan fingerprint density at radius 3 is 2.62 bits per heavy atom. The molecule has 2 heterocycles. The molecule has 0 spiro atoms. The van der Waals surface area contributed by atoms with Gasteiger partial charge < -0.3 is 4.90 Å². The van der Waals surface area contributed by atoms with Gasteiger partial charge in [-0.2, -0.15) is 5.10 Å². The van der Waals surface area contributed by atoms with Crippen LogP contribution in [0.5, 0.6) is 0 Å². The Bertz CT molecular complexity index is 869. The molecule has 0 saturated heterocycles. The van der Waals surface area contributed by atoms with Gasteiger partial charge in [-0.1, -0.05) is 33.6 Å². The molecule has 136 valence electrons. The predicted molar refractivity (Wildman–Crippen MR) is 99.0 cm³/mol. The van der Waals surface area contributed by atoms with E-state index in [1.54, 1.807) is 23.2 Å². The van der Waals surface area contributed by atoms with Crippen LogP contribution in [0.2, 0.25) is 0 Å². The van der Waals surface area contributed by atoms with Crippen molar-refractivity contribution in [1.29, 1.82) is 0 Å². The number of rotatable bonds is 1. The highest BCUT2D eigenvalue weighted by Gasteiger charge is 2.32. The maximum atomic E-state index is 13.2. The van der Waals surface area contributed by atoms with E-state index in [1.165, 1.54) is 12.1 Å². The number of halogens is 1. The Hall–Kier alpha value is -2.61. The Kier molecular flexibility index (Phi) is 4.86. The quantitative estimate of drug-likeness (QED) is 0.735. The van der Waals surface area contributed by atoms with E-state index in [4.69, 9.17) is 0 Å². The molecule has 0 bridgehead atoms. The molecule has 0 aliphatic carbocycles. The number of benzene rings is 1. The van der Waals surface area contributed by atoms with Crippen molar-refractivity contribution in [2.45, 2.75) is 40.7 Å². The lowest BCUT2D eigenvalue weighted by Gasteiger charge is -2.28. The molecule has 3 rings (SSSR count). The summed E-state index contributed by atoms with van der Waals surface area (Å²) in [6.07, 6.45) is 2.58. The van der Waals surface area contributed by atoms with Crippen LogP contribution in [0.4, 0.5) is 4.39 Å². The van der Waals surface area contributed by atoms with Gasteiger partial charge in [-0.15, -0.1) is 0 Å². The summed E-state index contributed by atoms with van der Waals surface area (Å²) in [5, 5.41) is 4.49. The van der Waals surface area contributed by atoms with Gasteiger partial charge in [-0.05, 0) is 42.0 Å². The fourth-order valence-corrected chi connectivity index (χ4v) is 3.25. The highest BCUT2D eigenvalue weighted by atomic mass is 19.1. The van der Waals surface area contributed by atoms with Crippen LogP contribution < -0.4 is 0 Å². The van der Waals surface area contributed by atoms with Crippen LogP contribution in [0.25, 0.3) is 5.69 Å². The van der Waals surface area contributed by atoms with Crippen LogP contribution in [-0.2, 0) is 17.8 Å². The molecule has 0 atom stereocenters. The molecule has 0 fully saturated rings. The van der Waals surface area contributed by atoms with E-state index in [0.29, 0.717) is 13.1 Å². The lowest BCUT2D eigenvalue weighted by atomic mass is 9.87. The fraction of sp³-hybridized carbons (Fsp3) is 0.429. The number of nitrogens with zero attached hydrogens (tertiary/aromatic N) is 3. The fourth-order valence-electron chi connectivity index (χ4n) is 3.25. The van der Waals surface area contributed by atoms with E-state index in [2.05, 4.69) is 30.8 Å². The summed E-state index contributed by atoms with van der Waals surface area (Å²) < 4.78 is 15.1. The van der Waals surface area contributed by atoms with E-state index in [1.807, 2.05) is 18.5 Å². The summed E-state index contributed by atoms with van der Waals surface area (Å²) in [5.74, 6) is 5.46. The zero-order valence-electron chi connectivity index (χ0n) is 15.7. The van der Waals surface area contributed by atoms with Crippen molar-refractivity contribution in [2.24, 2.45) is 11.3 Å². The van der Waals surface area contributed by atoms with Gasteiger partial charge in [0.15, 0.2) is 0 Å². The molecule has 1 aromatic carbocycles. The van der Waals surface area contributed by atoms with Crippen molar-refractivity contribution in [2.75, 3.05) is 6.54 Å². The lowest BCUT2D eigenvalue weighted by Crippen LogP contribution is -2.36. The second-order valence-corrected chi connectivity index (χ2v) is 7.93. The first kappa shape index (κ1) is 18.2. The standard InChI is InChI=1S/C21H24FN3O/c1-15(2)5-10-20(26)24-13-16-12-23-25(18-8-6-17(22)7-9-18)19(16)11-21(3,4)14-24/h6-9,12,15H,11,13-14H2,1-4H3. The third-order valence-corrected chi connectivity index (χ3v) is 4.41.